The van der Waals surface area contributed by atoms with Crippen LogP contribution in [0, 0.1) is 6.92 Å². The molecule has 0 amide bonds. The summed E-state index contributed by atoms with van der Waals surface area (Å²) in [5, 5.41) is 0. The highest BCUT2D eigenvalue weighted by Gasteiger charge is 2.18. The van der Waals surface area contributed by atoms with E-state index in [4.69, 9.17) is 0 Å². The monoisotopic (exact) mass is 298 g/mol. The summed E-state index contributed by atoms with van der Waals surface area (Å²) < 4.78 is 4.40. The normalized spacial score (nSPS) is 11.3. The van der Waals surface area contributed by atoms with Crippen molar-refractivity contribution in [3.63, 3.8) is 0 Å². The van der Waals surface area contributed by atoms with Crippen molar-refractivity contribution in [1.82, 2.24) is 18.7 Å². The molecule has 0 atom stereocenters. The SMILES string of the molecule is CCn1c(-c2ccc(C)cc2)nc2c1c(=O)n(C)c(=O)n2C. The summed E-state index contributed by atoms with van der Waals surface area (Å²) in [5.74, 6) is 0.704. The number of aryl methyl sites for hydroxylation is 3. The molecule has 0 spiro atoms. The molecule has 3 aromatic rings. The predicted octanol–water partition coefficient (Wildman–Crippen LogP) is 1.43. The Morgan fingerprint density at radius 1 is 1.05 bits per heavy atom. The molecule has 114 valence electrons. The van der Waals surface area contributed by atoms with Crippen LogP contribution in [0.4, 0.5) is 0 Å². The van der Waals surface area contributed by atoms with Gasteiger partial charge in [-0.25, -0.2) is 9.78 Å². The predicted molar refractivity (Wildman–Crippen MR) is 86.1 cm³/mol. The Labute approximate surface area is 127 Å². The molecule has 0 N–H and O–H groups in total. The lowest BCUT2D eigenvalue weighted by Gasteiger charge is -2.07. The van der Waals surface area contributed by atoms with E-state index in [1.165, 1.54) is 11.6 Å². The van der Waals surface area contributed by atoms with Gasteiger partial charge in [0.25, 0.3) is 5.56 Å². The van der Waals surface area contributed by atoms with E-state index in [2.05, 4.69) is 4.98 Å². The van der Waals surface area contributed by atoms with E-state index in [0.29, 0.717) is 23.5 Å². The Morgan fingerprint density at radius 2 is 1.68 bits per heavy atom. The van der Waals surface area contributed by atoms with E-state index in [1.807, 2.05) is 42.7 Å². The molecule has 2 heterocycles. The maximum atomic E-state index is 12.5. The smallest absolute Gasteiger partial charge is 0.318 e. The number of imidazole rings is 1. The average Bonchev–Trinajstić information content (AvgIpc) is 2.91. The van der Waals surface area contributed by atoms with Gasteiger partial charge in [0.05, 0.1) is 0 Å². The number of hydrogen-bond donors (Lipinski definition) is 0. The van der Waals surface area contributed by atoms with Crippen LogP contribution < -0.4 is 11.2 Å². The van der Waals surface area contributed by atoms with Crippen molar-refractivity contribution >= 4 is 11.2 Å². The molecule has 0 saturated carbocycles. The Bertz CT molecular complexity index is 975. The van der Waals surface area contributed by atoms with Gasteiger partial charge in [0.15, 0.2) is 11.2 Å². The van der Waals surface area contributed by atoms with Crippen molar-refractivity contribution in [2.45, 2.75) is 20.4 Å². The number of rotatable bonds is 2. The first-order chi connectivity index (χ1) is 10.5. The van der Waals surface area contributed by atoms with Gasteiger partial charge in [-0.1, -0.05) is 29.8 Å². The molecule has 0 radical (unpaired) electrons. The number of hydrogen-bond acceptors (Lipinski definition) is 3. The van der Waals surface area contributed by atoms with Crippen LogP contribution >= 0.6 is 0 Å². The summed E-state index contributed by atoms with van der Waals surface area (Å²) in [6.07, 6.45) is 0. The molecule has 2 aromatic heterocycles. The van der Waals surface area contributed by atoms with E-state index in [-0.39, 0.29) is 11.2 Å². The third kappa shape index (κ3) is 1.91. The fourth-order valence-corrected chi connectivity index (χ4v) is 2.68. The van der Waals surface area contributed by atoms with E-state index in [0.717, 1.165) is 15.7 Å². The maximum absolute atomic E-state index is 12.5. The van der Waals surface area contributed by atoms with Gasteiger partial charge < -0.3 is 4.57 Å². The second kappa shape index (κ2) is 4.98. The fraction of sp³-hybridized carbons (Fsp3) is 0.312. The van der Waals surface area contributed by atoms with Crippen LogP contribution in [0.2, 0.25) is 0 Å². The number of benzene rings is 1. The first kappa shape index (κ1) is 14.3. The number of nitrogens with zero attached hydrogens (tertiary/aromatic N) is 4. The minimum atomic E-state index is -0.367. The van der Waals surface area contributed by atoms with Crippen LogP contribution in [0.3, 0.4) is 0 Å². The van der Waals surface area contributed by atoms with Gasteiger partial charge in [0.2, 0.25) is 0 Å². The van der Waals surface area contributed by atoms with Crippen molar-refractivity contribution < 1.29 is 0 Å². The number of aromatic nitrogens is 4. The van der Waals surface area contributed by atoms with E-state index >= 15 is 0 Å². The molecule has 0 unspecified atom stereocenters. The Morgan fingerprint density at radius 3 is 2.27 bits per heavy atom. The van der Waals surface area contributed by atoms with Gasteiger partial charge in [-0.2, -0.15) is 0 Å². The molecule has 0 bridgehead atoms. The topological polar surface area (TPSA) is 61.8 Å². The summed E-state index contributed by atoms with van der Waals surface area (Å²) >= 11 is 0. The van der Waals surface area contributed by atoms with Crippen molar-refractivity contribution in [3.05, 3.63) is 50.7 Å². The van der Waals surface area contributed by atoms with E-state index in [1.54, 1.807) is 7.05 Å². The van der Waals surface area contributed by atoms with Gasteiger partial charge in [-0.05, 0) is 13.8 Å². The summed E-state index contributed by atoms with van der Waals surface area (Å²) in [5.41, 5.74) is 2.29. The second-order valence-corrected chi connectivity index (χ2v) is 5.42. The van der Waals surface area contributed by atoms with Gasteiger partial charge in [0.1, 0.15) is 5.82 Å². The molecule has 6 nitrogen and oxygen atoms in total. The highest BCUT2D eigenvalue weighted by atomic mass is 16.2. The largest absolute Gasteiger partial charge is 0.332 e. The summed E-state index contributed by atoms with van der Waals surface area (Å²) in [4.78, 5) is 29.1. The van der Waals surface area contributed by atoms with Gasteiger partial charge in [-0.15, -0.1) is 0 Å². The molecule has 22 heavy (non-hydrogen) atoms. The van der Waals surface area contributed by atoms with Crippen LogP contribution in [0.5, 0.6) is 0 Å². The quantitative estimate of drug-likeness (QED) is 0.719. The summed E-state index contributed by atoms with van der Waals surface area (Å²) in [6.45, 7) is 4.59. The van der Waals surface area contributed by atoms with Gasteiger partial charge >= 0.3 is 5.69 Å². The second-order valence-electron chi connectivity index (χ2n) is 5.42. The standard InChI is InChI=1S/C16H18N4O2/c1-5-20-12-14(18(3)16(22)19(4)15(12)21)17-13(20)11-8-6-10(2)7-9-11/h6-9H,5H2,1-4H3. The molecule has 6 heteroatoms. The van der Waals surface area contributed by atoms with E-state index < -0.39 is 0 Å². The number of fused-ring (bicyclic) bond motifs is 1. The Hall–Kier alpha value is -2.63. The van der Waals surface area contributed by atoms with Crippen molar-refractivity contribution in [2.75, 3.05) is 0 Å². The molecule has 3 rings (SSSR count). The third-order valence-corrected chi connectivity index (χ3v) is 3.97. The molecule has 1 aromatic carbocycles. The van der Waals surface area contributed by atoms with Crippen LogP contribution in [-0.4, -0.2) is 18.7 Å². The Balaban J connectivity index is 2.45. The summed E-state index contributed by atoms with van der Waals surface area (Å²) in [7, 11) is 3.12. The zero-order valence-corrected chi connectivity index (χ0v) is 13.1. The molecule has 0 aliphatic rings. The fourth-order valence-electron chi connectivity index (χ4n) is 2.68. The minimum Gasteiger partial charge on any atom is -0.318 e. The molecular formula is C16H18N4O2. The lowest BCUT2D eigenvalue weighted by molar-refractivity contribution is 0.700. The van der Waals surface area contributed by atoms with Crippen molar-refractivity contribution in [3.8, 4) is 11.4 Å². The molecule has 0 aliphatic carbocycles. The first-order valence-corrected chi connectivity index (χ1v) is 7.19. The minimum absolute atomic E-state index is 0.314. The van der Waals surface area contributed by atoms with Crippen LogP contribution in [-0.2, 0) is 20.6 Å². The lowest BCUT2D eigenvalue weighted by Crippen LogP contribution is -2.37. The van der Waals surface area contributed by atoms with Crippen LogP contribution in [0.15, 0.2) is 33.9 Å². The summed E-state index contributed by atoms with van der Waals surface area (Å²) in [6, 6.07) is 7.97. The lowest BCUT2D eigenvalue weighted by atomic mass is 10.1. The van der Waals surface area contributed by atoms with Gasteiger partial charge in [-0.3, -0.25) is 13.9 Å². The third-order valence-electron chi connectivity index (χ3n) is 3.97. The van der Waals surface area contributed by atoms with Crippen molar-refractivity contribution in [1.29, 1.82) is 0 Å². The van der Waals surface area contributed by atoms with Gasteiger partial charge in [0, 0.05) is 26.2 Å². The Kier molecular flexibility index (Phi) is 3.24. The zero-order valence-electron chi connectivity index (χ0n) is 13.1. The maximum Gasteiger partial charge on any atom is 0.332 e. The highest BCUT2D eigenvalue weighted by molar-refractivity contribution is 5.77. The van der Waals surface area contributed by atoms with Crippen molar-refractivity contribution in [2.24, 2.45) is 14.1 Å². The average molecular weight is 298 g/mol. The van der Waals surface area contributed by atoms with Crippen LogP contribution in [0.1, 0.15) is 12.5 Å². The molecule has 0 aliphatic heterocycles. The molecule has 0 saturated heterocycles. The molecule has 0 fully saturated rings. The van der Waals surface area contributed by atoms with Crippen LogP contribution in [0.25, 0.3) is 22.6 Å². The highest BCUT2D eigenvalue weighted by Crippen LogP contribution is 2.22. The van der Waals surface area contributed by atoms with E-state index in [9.17, 15) is 9.59 Å². The zero-order chi connectivity index (χ0) is 16.0. The molecular weight excluding hydrogens is 280 g/mol. The first-order valence-electron chi connectivity index (χ1n) is 7.19.